The highest BCUT2D eigenvalue weighted by Gasteiger charge is 2.21. The van der Waals surface area contributed by atoms with Gasteiger partial charge >= 0.3 is 0 Å². The fraction of sp³-hybridized carbons (Fsp3) is 0.391. The summed E-state index contributed by atoms with van der Waals surface area (Å²) in [6.45, 7) is 11.6. The first-order valence-corrected chi connectivity index (χ1v) is 10.9. The zero-order valence-electron chi connectivity index (χ0n) is 17.5. The standard InChI is InChI=1S/C23H28FN3OS/c1-5-26(6-2)13-14-27(20(28)15-18-9-11-19(24)12-10-18)23-25-21-16(3)7-8-17(4)22(21)29-23/h7-12H,5-6,13-15H2,1-4H3. The van der Waals surface area contributed by atoms with Crippen molar-refractivity contribution in [3.05, 3.63) is 58.9 Å². The van der Waals surface area contributed by atoms with E-state index in [4.69, 9.17) is 4.98 Å². The molecular formula is C23H28FN3OS. The normalized spacial score (nSPS) is 11.4. The summed E-state index contributed by atoms with van der Waals surface area (Å²) in [5.41, 5.74) is 4.05. The summed E-state index contributed by atoms with van der Waals surface area (Å²) in [4.78, 5) is 22.1. The van der Waals surface area contributed by atoms with E-state index < -0.39 is 0 Å². The molecule has 0 N–H and O–H groups in total. The lowest BCUT2D eigenvalue weighted by molar-refractivity contribution is -0.118. The molecule has 0 saturated heterocycles. The lowest BCUT2D eigenvalue weighted by atomic mass is 10.1. The summed E-state index contributed by atoms with van der Waals surface area (Å²) in [7, 11) is 0. The number of carbonyl (C=O) groups excluding carboxylic acids is 1. The molecule has 0 bridgehead atoms. The Labute approximate surface area is 176 Å². The third-order valence-electron chi connectivity index (χ3n) is 5.27. The number of amides is 1. The smallest absolute Gasteiger partial charge is 0.233 e. The Kier molecular flexibility index (Phi) is 6.98. The summed E-state index contributed by atoms with van der Waals surface area (Å²) in [5, 5.41) is 0.733. The van der Waals surface area contributed by atoms with Gasteiger partial charge in [-0.3, -0.25) is 9.69 Å². The molecule has 0 aliphatic rings. The van der Waals surface area contributed by atoms with Crippen LogP contribution in [0.4, 0.5) is 9.52 Å². The molecule has 4 nitrogen and oxygen atoms in total. The Morgan fingerprint density at radius 1 is 1.00 bits per heavy atom. The number of anilines is 1. The SMILES string of the molecule is CCN(CC)CCN(C(=O)Cc1ccc(F)cc1)c1nc2c(C)ccc(C)c2s1. The first-order valence-electron chi connectivity index (χ1n) is 10.1. The lowest BCUT2D eigenvalue weighted by Gasteiger charge is -2.24. The molecule has 0 aliphatic carbocycles. The monoisotopic (exact) mass is 413 g/mol. The molecule has 6 heteroatoms. The van der Waals surface area contributed by atoms with Crippen LogP contribution in [0.2, 0.25) is 0 Å². The molecule has 0 aliphatic heterocycles. The molecule has 0 unspecified atom stereocenters. The van der Waals surface area contributed by atoms with Crippen LogP contribution in [0.3, 0.4) is 0 Å². The van der Waals surface area contributed by atoms with Crippen LogP contribution in [0.5, 0.6) is 0 Å². The average molecular weight is 414 g/mol. The molecule has 1 amide bonds. The van der Waals surface area contributed by atoms with Gasteiger partial charge < -0.3 is 4.90 Å². The van der Waals surface area contributed by atoms with Crippen molar-refractivity contribution in [2.24, 2.45) is 0 Å². The summed E-state index contributed by atoms with van der Waals surface area (Å²) in [6, 6.07) is 10.3. The number of carbonyl (C=O) groups is 1. The van der Waals surface area contributed by atoms with E-state index in [1.165, 1.54) is 17.7 Å². The lowest BCUT2D eigenvalue weighted by Crippen LogP contribution is -2.39. The Morgan fingerprint density at radius 2 is 1.66 bits per heavy atom. The summed E-state index contributed by atoms with van der Waals surface area (Å²) < 4.78 is 14.3. The second-order valence-corrected chi connectivity index (χ2v) is 8.23. The van der Waals surface area contributed by atoms with E-state index in [-0.39, 0.29) is 18.1 Å². The van der Waals surface area contributed by atoms with Crippen molar-refractivity contribution in [3.63, 3.8) is 0 Å². The maximum Gasteiger partial charge on any atom is 0.233 e. The molecule has 0 radical (unpaired) electrons. The maximum absolute atomic E-state index is 13.2. The van der Waals surface area contributed by atoms with Crippen LogP contribution in [0.1, 0.15) is 30.5 Å². The van der Waals surface area contributed by atoms with E-state index >= 15 is 0 Å². The topological polar surface area (TPSA) is 36.4 Å². The van der Waals surface area contributed by atoms with Crippen molar-refractivity contribution in [3.8, 4) is 0 Å². The number of nitrogens with zero attached hydrogens (tertiary/aromatic N) is 3. The zero-order valence-corrected chi connectivity index (χ0v) is 18.4. The van der Waals surface area contributed by atoms with E-state index in [1.54, 1.807) is 28.4 Å². The van der Waals surface area contributed by atoms with Gasteiger partial charge in [0.25, 0.3) is 0 Å². The van der Waals surface area contributed by atoms with Crippen molar-refractivity contribution in [2.45, 2.75) is 34.1 Å². The number of hydrogen-bond donors (Lipinski definition) is 0. The van der Waals surface area contributed by atoms with E-state index in [9.17, 15) is 9.18 Å². The second kappa shape index (κ2) is 9.46. The number of halogens is 1. The Bertz CT molecular complexity index is 941. The van der Waals surface area contributed by atoms with Crippen LogP contribution in [-0.2, 0) is 11.2 Å². The van der Waals surface area contributed by atoms with Crippen LogP contribution in [0.25, 0.3) is 10.2 Å². The predicted octanol–water partition coefficient (Wildman–Crippen LogP) is 4.97. The number of thiazole rings is 1. The Balaban J connectivity index is 1.91. The molecule has 2 aromatic carbocycles. The van der Waals surface area contributed by atoms with Gasteiger partial charge in [-0.05, 0) is 55.8 Å². The number of aromatic nitrogens is 1. The first kappa shape index (κ1) is 21.4. The fourth-order valence-electron chi connectivity index (χ4n) is 3.34. The molecule has 0 fully saturated rings. The number of likely N-dealkylation sites (N-methyl/N-ethyl adjacent to an activating group) is 1. The van der Waals surface area contributed by atoms with Gasteiger partial charge in [0.2, 0.25) is 5.91 Å². The highest BCUT2D eigenvalue weighted by molar-refractivity contribution is 7.22. The average Bonchev–Trinajstić information content (AvgIpc) is 3.16. The molecule has 3 rings (SSSR count). The van der Waals surface area contributed by atoms with Gasteiger partial charge in [0.1, 0.15) is 5.82 Å². The van der Waals surface area contributed by atoms with Gasteiger partial charge in [0.15, 0.2) is 5.13 Å². The van der Waals surface area contributed by atoms with E-state index in [2.05, 4.69) is 37.8 Å². The van der Waals surface area contributed by atoms with Gasteiger partial charge in [-0.25, -0.2) is 9.37 Å². The third-order valence-corrected chi connectivity index (χ3v) is 6.48. The highest BCUT2D eigenvalue weighted by atomic mass is 32.1. The highest BCUT2D eigenvalue weighted by Crippen LogP contribution is 2.33. The molecule has 1 heterocycles. The molecule has 29 heavy (non-hydrogen) atoms. The number of rotatable bonds is 8. The fourth-order valence-corrected chi connectivity index (χ4v) is 4.50. The van der Waals surface area contributed by atoms with E-state index in [0.29, 0.717) is 6.54 Å². The Hall–Kier alpha value is -2.31. The van der Waals surface area contributed by atoms with Gasteiger partial charge in [-0.1, -0.05) is 49.4 Å². The number of benzene rings is 2. The third kappa shape index (κ3) is 5.00. The zero-order chi connectivity index (χ0) is 21.0. The summed E-state index contributed by atoms with van der Waals surface area (Å²) in [6.07, 6.45) is 0.229. The minimum absolute atomic E-state index is 0.0156. The first-order chi connectivity index (χ1) is 13.9. The molecule has 0 atom stereocenters. The largest absolute Gasteiger partial charge is 0.302 e. The predicted molar refractivity (Wildman–Crippen MR) is 119 cm³/mol. The second-order valence-electron chi connectivity index (χ2n) is 7.25. The summed E-state index contributed by atoms with van der Waals surface area (Å²) in [5.74, 6) is -0.310. The van der Waals surface area contributed by atoms with Crippen LogP contribution >= 0.6 is 11.3 Å². The van der Waals surface area contributed by atoms with Gasteiger partial charge in [-0.2, -0.15) is 0 Å². The van der Waals surface area contributed by atoms with Crippen molar-refractivity contribution >= 4 is 32.6 Å². The minimum Gasteiger partial charge on any atom is -0.302 e. The van der Waals surface area contributed by atoms with Crippen molar-refractivity contribution in [2.75, 3.05) is 31.1 Å². The molecular weight excluding hydrogens is 385 g/mol. The maximum atomic E-state index is 13.2. The number of fused-ring (bicyclic) bond motifs is 1. The van der Waals surface area contributed by atoms with Gasteiger partial charge in [-0.15, -0.1) is 0 Å². The number of hydrogen-bond acceptors (Lipinski definition) is 4. The van der Waals surface area contributed by atoms with Crippen LogP contribution in [0, 0.1) is 19.7 Å². The van der Waals surface area contributed by atoms with E-state index in [0.717, 1.165) is 46.1 Å². The van der Waals surface area contributed by atoms with Crippen molar-refractivity contribution in [1.82, 2.24) is 9.88 Å². The van der Waals surface area contributed by atoms with Gasteiger partial charge in [0, 0.05) is 13.1 Å². The quantitative estimate of drug-likeness (QED) is 0.523. The molecule has 0 spiro atoms. The summed E-state index contributed by atoms with van der Waals surface area (Å²) >= 11 is 1.57. The molecule has 0 saturated carbocycles. The van der Waals surface area contributed by atoms with E-state index in [1.807, 2.05) is 6.92 Å². The molecule has 1 aromatic heterocycles. The minimum atomic E-state index is -0.295. The van der Waals surface area contributed by atoms with Gasteiger partial charge in [0.05, 0.1) is 16.6 Å². The molecule has 3 aromatic rings. The van der Waals surface area contributed by atoms with Crippen LogP contribution in [0.15, 0.2) is 36.4 Å². The van der Waals surface area contributed by atoms with Crippen LogP contribution in [-0.4, -0.2) is 42.0 Å². The van der Waals surface area contributed by atoms with Crippen LogP contribution < -0.4 is 4.90 Å². The van der Waals surface area contributed by atoms with Crippen molar-refractivity contribution in [1.29, 1.82) is 0 Å². The molecule has 154 valence electrons. The Morgan fingerprint density at radius 3 is 2.28 bits per heavy atom. The van der Waals surface area contributed by atoms with Crippen molar-refractivity contribution < 1.29 is 9.18 Å². The number of aryl methyl sites for hydroxylation is 2.